The molecule has 7 nitrogen and oxygen atoms in total. The number of carbonyl (C=O) groups is 2. The summed E-state index contributed by atoms with van der Waals surface area (Å²) in [6, 6.07) is -0.250. The summed E-state index contributed by atoms with van der Waals surface area (Å²) in [5.74, 6) is -0.617. The molecule has 2 heterocycles. The lowest BCUT2D eigenvalue weighted by Gasteiger charge is -2.41. The van der Waals surface area contributed by atoms with Crippen LogP contribution in [0.2, 0.25) is 0 Å². The van der Waals surface area contributed by atoms with Crippen LogP contribution in [0.1, 0.15) is 30.0 Å². The molecule has 1 atom stereocenters. The van der Waals surface area contributed by atoms with Gasteiger partial charge in [0.2, 0.25) is 5.91 Å². The fraction of sp³-hybridized carbons (Fsp3) is 0.571. The largest absolute Gasteiger partial charge is 0.368 e. The molecule has 1 aliphatic heterocycles. The van der Waals surface area contributed by atoms with Crippen molar-refractivity contribution in [1.29, 1.82) is 0 Å². The van der Waals surface area contributed by atoms with Crippen molar-refractivity contribution >= 4 is 11.8 Å². The van der Waals surface area contributed by atoms with E-state index in [0.717, 1.165) is 5.69 Å². The van der Waals surface area contributed by atoms with Crippen molar-refractivity contribution in [2.24, 2.45) is 5.73 Å². The van der Waals surface area contributed by atoms with Gasteiger partial charge in [-0.2, -0.15) is 0 Å². The summed E-state index contributed by atoms with van der Waals surface area (Å²) in [6.45, 7) is 7.30. The topological polar surface area (TPSA) is 92.4 Å². The molecule has 21 heavy (non-hydrogen) atoms. The van der Waals surface area contributed by atoms with E-state index in [-0.39, 0.29) is 11.9 Å². The fourth-order valence-electron chi connectivity index (χ4n) is 2.52. The van der Waals surface area contributed by atoms with Crippen LogP contribution in [0.4, 0.5) is 0 Å². The Morgan fingerprint density at radius 2 is 2.00 bits per heavy atom. The Kier molecular flexibility index (Phi) is 4.52. The van der Waals surface area contributed by atoms with Crippen molar-refractivity contribution in [2.75, 3.05) is 19.6 Å². The first-order valence-corrected chi connectivity index (χ1v) is 7.03. The Morgan fingerprint density at radius 3 is 2.52 bits per heavy atom. The van der Waals surface area contributed by atoms with Crippen LogP contribution in [0.3, 0.4) is 0 Å². The van der Waals surface area contributed by atoms with E-state index < -0.39 is 11.9 Å². The Morgan fingerprint density at radius 1 is 1.29 bits per heavy atom. The number of rotatable bonds is 3. The summed E-state index contributed by atoms with van der Waals surface area (Å²) in [7, 11) is 0. The average molecular weight is 291 g/mol. The van der Waals surface area contributed by atoms with Gasteiger partial charge in [0.1, 0.15) is 11.7 Å². The minimum Gasteiger partial charge on any atom is -0.368 e. The van der Waals surface area contributed by atoms with Crippen molar-refractivity contribution in [1.82, 2.24) is 19.8 Å². The summed E-state index contributed by atoms with van der Waals surface area (Å²) in [5.41, 5.74) is 6.52. The maximum atomic E-state index is 12.4. The molecule has 0 bridgehead atoms. The second kappa shape index (κ2) is 6.17. The number of nitrogens with zero attached hydrogens (tertiary/aromatic N) is 4. The predicted octanol–water partition coefficient (Wildman–Crippen LogP) is -0.195. The van der Waals surface area contributed by atoms with E-state index in [1.807, 2.05) is 25.7 Å². The molecule has 1 fully saturated rings. The van der Waals surface area contributed by atoms with E-state index in [0.29, 0.717) is 25.3 Å². The third kappa shape index (κ3) is 3.36. The van der Waals surface area contributed by atoms with Gasteiger partial charge in [0, 0.05) is 31.9 Å². The van der Waals surface area contributed by atoms with Crippen molar-refractivity contribution < 1.29 is 9.59 Å². The Bertz CT molecular complexity index is 529. The molecule has 0 spiro atoms. The van der Waals surface area contributed by atoms with E-state index >= 15 is 0 Å². The molecule has 1 aromatic heterocycles. The van der Waals surface area contributed by atoms with Gasteiger partial charge in [-0.05, 0) is 20.8 Å². The van der Waals surface area contributed by atoms with Gasteiger partial charge < -0.3 is 10.6 Å². The smallest absolute Gasteiger partial charge is 0.274 e. The second-order valence-electron chi connectivity index (χ2n) is 5.54. The zero-order valence-electron chi connectivity index (χ0n) is 12.6. The zero-order chi connectivity index (χ0) is 15.6. The lowest BCUT2D eigenvalue weighted by atomic mass is 10.1. The van der Waals surface area contributed by atoms with Crippen molar-refractivity contribution in [3.63, 3.8) is 0 Å². The molecule has 0 radical (unpaired) electrons. The van der Waals surface area contributed by atoms with Crippen molar-refractivity contribution in [3.05, 3.63) is 23.8 Å². The van der Waals surface area contributed by atoms with Gasteiger partial charge in [0.15, 0.2) is 0 Å². The molecule has 2 N–H and O–H groups in total. The Balaban J connectivity index is 2.13. The van der Waals surface area contributed by atoms with Crippen molar-refractivity contribution in [3.8, 4) is 0 Å². The van der Waals surface area contributed by atoms with Crippen LogP contribution in [0.5, 0.6) is 0 Å². The minimum absolute atomic E-state index is 0.207. The van der Waals surface area contributed by atoms with E-state index in [4.69, 9.17) is 5.73 Å². The minimum atomic E-state index is -0.457. The summed E-state index contributed by atoms with van der Waals surface area (Å²) in [5, 5.41) is 0. The lowest BCUT2D eigenvalue weighted by Crippen LogP contribution is -2.61. The number of nitrogens with two attached hydrogens (primary N) is 1. The second-order valence-corrected chi connectivity index (χ2v) is 5.54. The van der Waals surface area contributed by atoms with E-state index in [1.165, 1.54) is 6.20 Å². The highest BCUT2D eigenvalue weighted by molar-refractivity contribution is 5.92. The molecule has 114 valence electrons. The van der Waals surface area contributed by atoms with Crippen LogP contribution < -0.4 is 5.73 Å². The van der Waals surface area contributed by atoms with Gasteiger partial charge in [0.25, 0.3) is 5.91 Å². The number of hydrogen-bond donors (Lipinski definition) is 1. The average Bonchev–Trinajstić information content (AvgIpc) is 2.46. The summed E-state index contributed by atoms with van der Waals surface area (Å²) < 4.78 is 0. The third-order valence-corrected chi connectivity index (χ3v) is 3.70. The summed E-state index contributed by atoms with van der Waals surface area (Å²) in [4.78, 5) is 35.9. The standard InChI is InChI=1S/C14H21N5O2/c1-9(2)19-5-4-18(8-12(19)13(15)20)14(21)11-7-16-10(3)6-17-11/h6-7,9,12H,4-5,8H2,1-3H3,(H2,15,20). The highest BCUT2D eigenvalue weighted by atomic mass is 16.2. The SMILES string of the molecule is Cc1cnc(C(=O)N2CCN(C(C)C)C(C(N)=O)C2)cn1. The maximum Gasteiger partial charge on any atom is 0.274 e. The monoisotopic (exact) mass is 291 g/mol. The Labute approximate surface area is 124 Å². The number of carbonyl (C=O) groups excluding carboxylic acids is 2. The Hall–Kier alpha value is -2.02. The number of primary amides is 1. The molecule has 1 aliphatic rings. The normalized spacial score (nSPS) is 19.8. The van der Waals surface area contributed by atoms with Crippen molar-refractivity contribution in [2.45, 2.75) is 32.9 Å². The van der Waals surface area contributed by atoms with Crippen LogP contribution in [0.15, 0.2) is 12.4 Å². The van der Waals surface area contributed by atoms with E-state index in [1.54, 1.807) is 11.1 Å². The highest BCUT2D eigenvalue weighted by Crippen LogP contribution is 2.15. The van der Waals surface area contributed by atoms with Crippen LogP contribution >= 0.6 is 0 Å². The van der Waals surface area contributed by atoms with Gasteiger partial charge in [-0.25, -0.2) is 4.98 Å². The number of piperazine rings is 1. The first kappa shape index (κ1) is 15.4. The molecule has 0 aromatic carbocycles. The van der Waals surface area contributed by atoms with Crippen LogP contribution in [0.25, 0.3) is 0 Å². The summed E-state index contributed by atoms with van der Waals surface area (Å²) >= 11 is 0. The first-order chi connectivity index (χ1) is 9.90. The van der Waals surface area contributed by atoms with Gasteiger partial charge in [-0.3, -0.25) is 19.5 Å². The number of aryl methyl sites for hydroxylation is 1. The van der Waals surface area contributed by atoms with Gasteiger partial charge in [0.05, 0.1) is 11.9 Å². The quantitative estimate of drug-likeness (QED) is 0.833. The molecule has 2 rings (SSSR count). The predicted molar refractivity (Wildman–Crippen MR) is 77.5 cm³/mol. The van der Waals surface area contributed by atoms with E-state index in [2.05, 4.69) is 9.97 Å². The highest BCUT2D eigenvalue weighted by Gasteiger charge is 2.34. The number of amides is 2. The fourth-order valence-corrected chi connectivity index (χ4v) is 2.52. The molecule has 1 saturated heterocycles. The van der Waals surface area contributed by atoms with Crippen LogP contribution in [-0.2, 0) is 4.79 Å². The van der Waals surface area contributed by atoms with Crippen LogP contribution in [0, 0.1) is 6.92 Å². The first-order valence-electron chi connectivity index (χ1n) is 7.03. The van der Waals surface area contributed by atoms with Crippen LogP contribution in [-0.4, -0.2) is 63.3 Å². The number of aromatic nitrogens is 2. The lowest BCUT2D eigenvalue weighted by molar-refractivity contribution is -0.126. The molecular weight excluding hydrogens is 270 g/mol. The molecule has 1 unspecified atom stereocenters. The molecule has 1 aromatic rings. The van der Waals surface area contributed by atoms with E-state index in [9.17, 15) is 9.59 Å². The molecule has 0 aliphatic carbocycles. The maximum absolute atomic E-state index is 12.4. The molecular formula is C14H21N5O2. The third-order valence-electron chi connectivity index (χ3n) is 3.70. The molecule has 2 amide bonds. The van der Waals surface area contributed by atoms with Gasteiger partial charge in [-0.15, -0.1) is 0 Å². The zero-order valence-corrected chi connectivity index (χ0v) is 12.6. The molecule has 0 saturated carbocycles. The number of hydrogen-bond acceptors (Lipinski definition) is 5. The summed E-state index contributed by atoms with van der Waals surface area (Å²) in [6.07, 6.45) is 3.02. The molecule has 7 heteroatoms. The van der Waals surface area contributed by atoms with Gasteiger partial charge >= 0.3 is 0 Å². The van der Waals surface area contributed by atoms with Gasteiger partial charge in [-0.1, -0.05) is 0 Å².